The molecule has 2 aromatic rings. The van der Waals surface area contributed by atoms with Crippen molar-refractivity contribution in [2.45, 2.75) is 41.5 Å². The Morgan fingerprint density at radius 3 is 1.30 bits per heavy atom. The van der Waals surface area contributed by atoms with E-state index in [2.05, 4.69) is 45.9 Å². The van der Waals surface area contributed by atoms with Crippen molar-refractivity contribution in [1.29, 1.82) is 0 Å². The van der Waals surface area contributed by atoms with Crippen molar-refractivity contribution in [3.63, 3.8) is 0 Å². The second kappa shape index (κ2) is 9.87. The summed E-state index contributed by atoms with van der Waals surface area (Å²) in [5, 5.41) is 0. The molecule has 30 heavy (non-hydrogen) atoms. The van der Waals surface area contributed by atoms with Gasteiger partial charge in [0.15, 0.2) is 16.7 Å². The third-order valence-corrected chi connectivity index (χ3v) is 11.8. The summed E-state index contributed by atoms with van der Waals surface area (Å²) < 4.78 is 38.7. The Labute approximate surface area is 182 Å². The number of benzene rings is 2. The van der Waals surface area contributed by atoms with E-state index in [9.17, 15) is 8.78 Å². The summed E-state index contributed by atoms with van der Waals surface area (Å²) in [6, 6.07) is 10.7. The smallest absolute Gasteiger partial charge is 0.190 e. The highest BCUT2D eigenvalue weighted by molar-refractivity contribution is 7.93. The average Bonchev–Trinajstić information content (AvgIpc) is 2.74. The first-order chi connectivity index (χ1) is 14.4. The Balaban J connectivity index is 2.20. The van der Waals surface area contributed by atoms with Crippen LogP contribution in [0.5, 0.6) is 0 Å². The standard InChI is InChI=1S/C22H32F2N4P2/c1-7-25(8-2)29-27(21-15-11-13-19(23)17(21)5)30(26(9-3)10-4)28(29)22-16-12-14-20(24)18(22)6/h11-16H,7-10H2,1-6H3. The van der Waals surface area contributed by atoms with Gasteiger partial charge in [0, 0.05) is 37.3 Å². The van der Waals surface area contributed by atoms with Gasteiger partial charge in [0.25, 0.3) is 0 Å². The van der Waals surface area contributed by atoms with Crippen LogP contribution in [0.1, 0.15) is 38.8 Å². The van der Waals surface area contributed by atoms with Crippen LogP contribution in [0, 0.1) is 25.5 Å². The largest absolute Gasteiger partial charge is 0.268 e. The number of nitrogens with zero attached hydrogens (tertiary/aromatic N) is 4. The molecule has 0 aliphatic carbocycles. The van der Waals surface area contributed by atoms with Crippen molar-refractivity contribution in [2.24, 2.45) is 0 Å². The molecule has 0 unspecified atom stereocenters. The summed E-state index contributed by atoms with van der Waals surface area (Å²) in [5.41, 5.74) is 3.23. The van der Waals surface area contributed by atoms with E-state index in [1.807, 2.05) is 26.0 Å². The predicted octanol–water partition coefficient (Wildman–Crippen LogP) is 7.05. The third kappa shape index (κ3) is 3.96. The Morgan fingerprint density at radius 1 is 0.667 bits per heavy atom. The lowest BCUT2D eigenvalue weighted by Gasteiger charge is -2.62. The van der Waals surface area contributed by atoms with Crippen molar-refractivity contribution in [1.82, 2.24) is 9.34 Å². The van der Waals surface area contributed by atoms with E-state index in [1.54, 1.807) is 12.1 Å². The molecule has 4 nitrogen and oxygen atoms in total. The lowest BCUT2D eigenvalue weighted by Crippen LogP contribution is -2.49. The molecular formula is C22H32F2N4P2. The normalized spacial score (nSPS) is 19.0. The molecule has 0 bridgehead atoms. The van der Waals surface area contributed by atoms with Crippen LogP contribution in [0.25, 0.3) is 0 Å². The van der Waals surface area contributed by atoms with Gasteiger partial charge in [-0.1, -0.05) is 39.8 Å². The second-order valence-electron chi connectivity index (χ2n) is 7.16. The van der Waals surface area contributed by atoms with E-state index in [0.717, 1.165) is 37.6 Å². The molecule has 1 saturated heterocycles. The van der Waals surface area contributed by atoms with Gasteiger partial charge in [-0.2, -0.15) is 0 Å². The predicted molar refractivity (Wildman–Crippen MR) is 127 cm³/mol. The van der Waals surface area contributed by atoms with Crippen LogP contribution >= 0.6 is 16.7 Å². The van der Waals surface area contributed by atoms with E-state index in [-0.39, 0.29) is 11.6 Å². The second-order valence-corrected chi connectivity index (χ2v) is 11.6. The zero-order valence-corrected chi connectivity index (χ0v) is 20.5. The Kier molecular flexibility index (Phi) is 7.68. The molecule has 1 aliphatic heterocycles. The lowest BCUT2D eigenvalue weighted by molar-refractivity contribution is 0.486. The maximum Gasteiger partial charge on any atom is 0.190 e. The molecule has 0 aromatic heterocycles. The summed E-state index contributed by atoms with van der Waals surface area (Å²) in [5.74, 6) is -0.367. The molecule has 0 amide bonds. The van der Waals surface area contributed by atoms with Crippen molar-refractivity contribution >= 4 is 28.1 Å². The van der Waals surface area contributed by atoms with E-state index >= 15 is 0 Å². The van der Waals surface area contributed by atoms with Gasteiger partial charge in [-0.25, -0.2) is 18.1 Å². The molecule has 0 atom stereocenters. The topological polar surface area (TPSA) is 13.0 Å². The molecule has 1 heterocycles. The number of rotatable bonds is 8. The van der Waals surface area contributed by atoms with Crippen molar-refractivity contribution in [3.05, 3.63) is 59.2 Å². The number of hydrogen-bond donors (Lipinski definition) is 0. The summed E-state index contributed by atoms with van der Waals surface area (Å²) in [4.78, 5) is 0. The molecule has 1 aliphatic rings. The maximum absolute atomic E-state index is 14.5. The minimum atomic E-state index is -0.927. The minimum absolute atomic E-state index is 0.183. The fourth-order valence-corrected chi connectivity index (χ4v) is 10.6. The summed E-state index contributed by atoms with van der Waals surface area (Å²) in [6.45, 7) is 15.8. The van der Waals surface area contributed by atoms with Gasteiger partial charge >= 0.3 is 0 Å². The summed E-state index contributed by atoms with van der Waals surface area (Å²) >= 11 is 0. The third-order valence-electron chi connectivity index (χ3n) is 5.55. The summed E-state index contributed by atoms with van der Waals surface area (Å²) in [6.07, 6.45) is 0. The lowest BCUT2D eigenvalue weighted by atomic mass is 10.2. The average molecular weight is 452 g/mol. The molecule has 0 spiro atoms. The van der Waals surface area contributed by atoms with Crippen LogP contribution in [0.15, 0.2) is 36.4 Å². The van der Waals surface area contributed by atoms with Gasteiger partial charge in [0.2, 0.25) is 0 Å². The van der Waals surface area contributed by atoms with Crippen molar-refractivity contribution in [3.8, 4) is 0 Å². The van der Waals surface area contributed by atoms with Crippen molar-refractivity contribution < 1.29 is 8.78 Å². The molecule has 0 radical (unpaired) electrons. The van der Waals surface area contributed by atoms with Gasteiger partial charge in [-0.3, -0.25) is 8.88 Å². The highest BCUT2D eigenvalue weighted by Crippen LogP contribution is 2.80. The van der Waals surface area contributed by atoms with E-state index in [0.29, 0.717) is 11.1 Å². The molecule has 0 saturated carbocycles. The highest BCUT2D eigenvalue weighted by atomic mass is 31.3. The fraction of sp³-hybridized carbons (Fsp3) is 0.455. The molecule has 0 N–H and O–H groups in total. The van der Waals surface area contributed by atoms with Gasteiger partial charge < -0.3 is 0 Å². The molecule has 1 fully saturated rings. The number of hydrogen-bond acceptors (Lipinski definition) is 4. The first-order valence-electron chi connectivity index (χ1n) is 10.6. The number of anilines is 2. The van der Waals surface area contributed by atoms with Crippen LogP contribution in [0.2, 0.25) is 0 Å². The zero-order chi connectivity index (χ0) is 22.0. The first-order valence-corrected chi connectivity index (χ1v) is 13.0. The van der Waals surface area contributed by atoms with Gasteiger partial charge in [0.1, 0.15) is 11.6 Å². The Bertz CT molecular complexity index is 795. The van der Waals surface area contributed by atoms with Crippen LogP contribution in [0.3, 0.4) is 0 Å². The molecule has 3 rings (SSSR count). The monoisotopic (exact) mass is 452 g/mol. The summed E-state index contributed by atoms with van der Waals surface area (Å²) in [7, 11) is -1.85. The molecule has 164 valence electrons. The number of halogens is 2. The quantitative estimate of drug-likeness (QED) is 0.398. The Morgan fingerprint density at radius 2 is 1.00 bits per heavy atom. The van der Waals surface area contributed by atoms with Gasteiger partial charge in [0.05, 0.1) is 11.4 Å². The van der Waals surface area contributed by atoms with Gasteiger partial charge in [-0.15, -0.1) is 0 Å². The first kappa shape index (κ1) is 23.3. The maximum atomic E-state index is 14.5. The molecular weight excluding hydrogens is 420 g/mol. The van der Waals surface area contributed by atoms with E-state index in [4.69, 9.17) is 0 Å². The molecule has 2 aromatic carbocycles. The van der Waals surface area contributed by atoms with Crippen LogP contribution in [-0.2, 0) is 0 Å². The fourth-order valence-electron chi connectivity index (χ4n) is 3.72. The Hall–Kier alpha value is -1.32. The van der Waals surface area contributed by atoms with Crippen LogP contribution in [0.4, 0.5) is 20.2 Å². The van der Waals surface area contributed by atoms with E-state index in [1.165, 1.54) is 12.1 Å². The minimum Gasteiger partial charge on any atom is -0.268 e. The zero-order valence-electron chi connectivity index (χ0n) is 18.7. The highest BCUT2D eigenvalue weighted by Gasteiger charge is 2.54. The van der Waals surface area contributed by atoms with Crippen molar-refractivity contribution in [2.75, 3.05) is 35.1 Å². The SMILES string of the molecule is CCN(CC)P1N(c2cccc(F)c2C)P(N(CC)CC)N1c1cccc(F)c1C. The molecule has 8 heteroatoms. The van der Waals surface area contributed by atoms with Crippen LogP contribution in [-0.4, -0.2) is 35.5 Å². The van der Waals surface area contributed by atoms with Crippen LogP contribution < -0.4 is 8.88 Å². The van der Waals surface area contributed by atoms with E-state index < -0.39 is 16.7 Å². The van der Waals surface area contributed by atoms with Gasteiger partial charge in [-0.05, 0) is 38.1 Å².